The van der Waals surface area contributed by atoms with E-state index in [0.717, 1.165) is 29.7 Å². The van der Waals surface area contributed by atoms with Crippen molar-refractivity contribution in [1.82, 2.24) is 15.2 Å². The van der Waals surface area contributed by atoms with Crippen LogP contribution < -0.4 is 5.32 Å². The number of aromatic nitrogens is 1. The zero-order valence-electron chi connectivity index (χ0n) is 15.4. The van der Waals surface area contributed by atoms with Crippen LogP contribution in [0.2, 0.25) is 0 Å². The van der Waals surface area contributed by atoms with Gasteiger partial charge in [-0.2, -0.15) is 0 Å². The van der Waals surface area contributed by atoms with Crippen LogP contribution in [0.3, 0.4) is 0 Å². The summed E-state index contributed by atoms with van der Waals surface area (Å²) < 4.78 is 0. The largest absolute Gasteiger partial charge is 0.350 e. The summed E-state index contributed by atoms with van der Waals surface area (Å²) in [4.78, 5) is 31.6. The Morgan fingerprint density at radius 2 is 1.96 bits per heavy atom. The topological polar surface area (TPSA) is 62.3 Å². The van der Waals surface area contributed by atoms with Gasteiger partial charge in [-0.15, -0.1) is 0 Å². The lowest BCUT2D eigenvalue weighted by Crippen LogP contribution is -2.51. The van der Waals surface area contributed by atoms with Crippen LogP contribution in [0.25, 0.3) is 0 Å². The molecule has 0 unspecified atom stereocenters. The summed E-state index contributed by atoms with van der Waals surface area (Å²) in [7, 11) is 0. The number of benzene rings is 1. The van der Waals surface area contributed by atoms with Gasteiger partial charge in [-0.05, 0) is 62.4 Å². The highest BCUT2D eigenvalue weighted by atomic mass is 16.2. The van der Waals surface area contributed by atoms with Gasteiger partial charge >= 0.3 is 0 Å². The Labute approximate surface area is 154 Å². The lowest BCUT2D eigenvalue weighted by Gasteiger charge is -2.34. The number of rotatable bonds is 4. The molecule has 1 saturated heterocycles. The standard InChI is InChI=1S/C21H25N3O2/c1-15-12-16(2)22-13-18(15)14-23-20(25)19-10-6-7-11-24(19)21(26)17-8-4-3-5-9-17/h3-5,8-9,12-13,19H,6-7,10-11,14H2,1-2H3,(H,23,25)/t19-/m0/s1. The fraction of sp³-hybridized carbons (Fsp3) is 0.381. The third kappa shape index (κ3) is 4.10. The zero-order chi connectivity index (χ0) is 18.5. The normalized spacial score (nSPS) is 17.0. The summed E-state index contributed by atoms with van der Waals surface area (Å²) in [6.07, 6.45) is 4.40. The third-order valence-corrected chi connectivity index (χ3v) is 4.90. The van der Waals surface area contributed by atoms with Gasteiger partial charge in [0.25, 0.3) is 5.91 Å². The van der Waals surface area contributed by atoms with E-state index in [1.165, 1.54) is 0 Å². The molecule has 0 radical (unpaired) electrons. The van der Waals surface area contributed by atoms with Crippen molar-refractivity contribution in [3.63, 3.8) is 0 Å². The van der Waals surface area contributed by atoms with Crippen LogP contribution in [-0.2, 0) is 11.3 Å². The molecule has 0 spiro atoms. The molecule has 2 aromatic rings. The number of nitrogens with zero attached hydrogens (tertiary/aromatic N) is 2. The van der Waals surface area contributed by atoms with Gasteiger partial charge < -0.3 is 10.2 Å². The lowest BCUT2D eigenvalue weighted by atomic mass is 9.99. The molecule has 1 aromatic heterocycles. The summed E-state index contributed by atoms with van der Waals surface area (Å²) in [5, 5.41) is 2.99. The summed E-state index contributed by atoms with van der Waals surface area (Å²) in [6, 6.07) is 10.8. The van der Waals surface area contributed by atoms with Crippen molar-refractivity contribution < 1.29 is 9.59 Å². The molecule has 3 rings (SSSR count). The number of pyridine rings is 1. The summed E-state index contributed by atoms with van der Waals surface area (Å²) in [6.45, 7) is 5.02. The van der Waals surface area contributed by atoms with Crippen LogP contribution in [0.15, 0.2) is 42.6 Å². The van der Waals surface area contributed by atoms with Crippen LogP contribution in [0, 0.1) is 13.8 Å². The third-order valence-electron chi connectivity index (χ3n) is 4.90. The number of piperidine rings is 1. The average Bonchev–Trinajstić information content (AvgIpc) is 2.67. The van der Waals surface area contributed by atoms with Crippen molar-refractivity contribution in [2.24, 2.45) is 0 Å². The average molecular weight is 351 g/mol. The molecule has 5 nitrogen and oxygen atoms in total. The maximum Gasteiger partial charge on any atom is 0.254 e. The molecule has 1 aliphatic heterocycles. The molecule has 1 aliphatic rings. The van der Waals surface area contributed by atoms with Gasteiger partial charge in [-0.1, -0.05) is 18.2 Å². The van der Waals surface area contributed by atoms with E-state index >= 15 is 0 Å². The van der Waals surface area contributed by atoms with Gasteiger partial charge in [0.2, 0.25) is 5.91 Å². The van der Waals surface area contributed by atoms with Gasteiger partial charge in [0.1, 0.15) is 6.04 Å². The second kappa shape index (κ2) is 8.13. The van der Waals surface area contributed by atoms with E-state index in [0.29, 0.717) is 25.1 Å². The van der Waals surface area contributed by atoms with Crippen molar-refractivity contribution in [3.05, 3.63) is 65.0 Å². The van der Waals surface area contributed by atoms with Gasteiger partial charge in [0, 0.05) is 30.5 Å². The lowest BCUT2D eigenvalue weighted by molar-refractivity contribution is -0.126. The smallest absolute Gasteiger partial charge is 0.254 e. The fourth-order valence-electron chi connectivity index (χ4n) is 3.40. The molecule has 1 aromatic carbocycles. The molecule has 1 N–H and O–H groups in total. The first-order chi connectivity index (χ1) is 12.6. The summed E-state index contributed by atoms with van der Waals surface area (Å²) in [5.74, 6) is -0.160. The van der Waals surface area contributed by atoms with Gasteiger partial charge in [-0.3, -0.25) is 14.6 Å². The fourth-order valence-corrected chi connectivity index (χ4v) is 3.40. The first-order valence-corrected chi connectivity index (χ1v) is 9.12. The maximum atomic E-state index is 12.8. The highest BCUT2D eigenvalue weighted by molar-refractivity contribution is 5.97. The number of nitrogens with one attached hydrogen (secondary N) is 1. The molecule has 0 aliphatic carbocycles. The van der Waals surface area contributed by atoms with E-state index in [2.05, 4.69) is 10.3 Å². The Kier molecular flexibility index (Phi) is 5.66. The Hall–Kier alpha value is -2.69. The first kappa shape index (κ1) is 18.1. The Morgan fingerprint density at radius 3 is 2.69 bits per heavy atom. The number of hydrogen-bond acceptors (Lipinski definition) is 3. The van der Waals surface area contributed by atoms with Crippen LogP contribution in [0.5, 0.6) is 0 Å². The summed E-state index contributed by atoms with van der Waals surface area (Å²) >= 11 is 0. The Bertz CT molecular complexity index is 789. The van der Waals surface area contributed by atoms with E-state index in [9.17, 15) is 9.59 Å². The highest BCUT2D eigenvalue weighted by Crippen LogP contribution is 2.20. The second-order valence-corrected chi connectivity index (χ2v) is 6.85. The van der Waals surface area contributed by atoms with Crippen LogP contribution >= 0.6 is 0 Å². The quantitative estimate of drug-likeness (QED) is 0.921. The number of carbonyl (C=O) groups excluding carboxylic acids is 2. The number of hydrogen-bond donors (Lipinski definition) is 1. The molecule has 0 saturated carbocycles. The molecule has 2 amide bonds. The first-order valence-electron chi connectivity index (χ1n) is 9.12. The molecule has 1 atom stereocenters. The molecule has 5 heteroatoms. The van der Waals surface area contributed by atoms with Crippen molar-refractivity contribution in [2.75, 3.05) is 6.54 Å². The molecule has 136 valence electrons. The van der Waals surface area contributed by atoms with Crippen LogP contribution in [0.4, 0.5) is 0 Å². The van der Waals surface area contributed by atoms with Crippen LogP contribution in [0.1, 0.15) is 46.4 Å². The number of carbonyl (C=O) groups is 2. The monoisotopic (exact) mass is 351 g/mol. The minimum absolute atomic E-state index is 0.0707. The van der Waals surface area contributed by atoms with E-state index in [1.54, 1.807) is 23.2 Å². The van der Waals surface area contributed by atoms with Gasteiger partial charge in [0.05, 0.1) is 0 Å². The summed E-state index contributed by atoms with van der Waals surface area (Å²) in [5.41, 5.74) is 3.70. The Morgan fingerprint density at radius 1 is 1.19 bits per heavy atom. The molecule has 2 heterocycles. The minimum Gasteiger partial charge on any atom is -0.350 e. The Balaban J connectivity index is 1.69. The maximum absolute atomic E-state index is 12.8. The van der Waals surface area contributed by atoms with E-state index in [-0.39, 0.29) is 11.8 Å². The minimum atomic E-state index is -0.407. The van der Waals surface area contributed by atoms with Crippen molar-refractivity contribution in [3.8, 4) is 0 Å². The second-order valence-electron chi connectivity index (χ2n) is 6.85. The van der Waals surface area contributed by atoms with E-state index in [4.69, 9.17) is 0 Å². The highest BCUT2D eigenvalue weighted by Gasteiger charge is 2.32. The van der Waals surface area contributed by atoms with Gasteiger partial charge in [-0.25, -0.2) is 0 Å². The van der Waals surface area contributed by atoms with E-state index in [1.807, 2.05) is 38.1 Å². The molecular formula is C21H25N3O2. The molecule has 1 fully saturated rings. The predicted molar refractivity (Wildman–Crippen MR) is 101 cm³/mol. The molecule has 26 heavy (non-hydrogen) atoms. The SMILES string of the molecule is Cc1cc(C)c(CNC(=O)[C@@H]2CCCCN2C(=O)c2ccccc2)cn1. The zero-order valence-corrected chi connectivity index (χ0v) is 15.4. The molecule has 0 bridgehead atoms. The van der Waals surface area contributed by atoms with Crippen molar-refractivity contribution in [2.45, 2.75) is 45.7 Å². The number of aryl methyl sites for hydroxylation is 2. The van der Waals surface area contributed by atoms with Crippen molar-refractivity contribution >= 4 is 11.8 Å². The number of likely N-dealkylation sites (tertiary alicyclic amines) is 1. The van der Waals surface area contributed by atoms with E-state index < -0.39 is 6.04 Å². The van der Waals surface area contributed by atoms with Gasteiger partial charge in [0.15, 0.2) is 0 Å². The molecular weight excluding hydrogens is 326 g/mol. The number of amides is 2. The van der Waals surface area contributed by atoms with Crippen LogP contribution in [-0.4, -0.2) is 34.3 Å². The van der Waals surface area contributed by atoms with Crippen molar-refractivity contribution in [1.29, 1.82) is 0 Å². The predicted octanol–water partition coefficient (Wildman–Crippen LogP) is 3.01.